The number of piperazine rings is 1. The zero-order valence-corrected chi connectivity index (χ0v) is 14.8. The van der Waals surface area contributed by atoms with E-state index in [1.54, 1.807) is 12.1 Å². The van der Waals surface area contributed by atoms with Gasteiger partial charge in [0.2, 0.25) is 11.8 Å². The summed E-state index contributed by atoms with van der Waals surface area (Å²) in [5.41, 5.74) is 0.360. The van der Waals surface area contributed by atoms with E-state index in [0.717, 1.165) is 31.2 Å². The summed E-state index contributed by atoms with van der Waals surface area (Å²) in [5, 5.41) is 15.4. The fourth-order valence-electron chi connectivity index (χ4n) is 3.89. The number of amides is 2. The molecule has 26 heavy (non-hydrogen) atoms. The van der Waals surface area contributed by atoms with Gasteiger partial charge in [-0.2, -0.15) is 0 Å². The summed E-state index contributed by atoms with van der Waals surface area (Å²) in [5.74, 6) is -0.683. The Morgan fingerprint density at radius 3 is 2.65 bits per heavy atom. The number of hydrogen-bond donors (Lipinski definition) is 3. The first-order chi connectivity index (χ1) is 12.5. The van der Waals surface area contributed by atoms with Gasteiger partial charge in [-0.25, -0.2) is 4.39 Å². The zero-order chi connectivity index (χ0) is 18.6. The first kappa shape index (κ1) is 18.8. The lowest BCUT2D eigenvalue weighted by atomic mass is 9.97. The molecule has 7 heteroatoms. The van der Waals surface area contributed by atoms with Crippen LogP contribution in [-0.2, 0) is 16.1 Å². The van der Waals surface area contributed by atoms with Crippen molar-refractivity contribution in [3.8, 4) is 0 Å². The van der Waals surface area contributed by atoms with Crippen molar-refractivity contribution in [2.75, 3.05) is 19.7 Å². The number of nitrogens with zero attached hydrogens (tertiary/aromatic N) is 1. The second-order valence-corrected chi connectivity index (χ2v) is 7.30. The van der Waals surface area contributed by atoms with E-state index in [-0.39, 0.29) is 30.7 Å². The van der Waals surface area contributed by atoms with E-state index in [9.17, 15) is 19.1 Å². The van der Waals surface area contributed by atoms with Crippen molar-refractivity contribution in [3.63, 3.8) is 0 Å². The molecule has 1 heterocycles. The molecule has 6 nitrogen and oxygen atoms in total. The normalized spacial score (nSPS) is 22.8. The van der Waals surface area contributed by atoms with Crippen LogP contribution in [0.1, 0.15) is 37.7 Å². The van der Waals surface area contributed by atoms with Crippen LogP contribution in [0.2, 0.25) is 0 Å². The number of aliphatic hydroxyl groups excluding tert-OH is 1. The number of aliphatic hydroxyl groups is 1. The molecule has 2 amide bonds. The van der Waals surface area contributed by atoms with Gasteiger partial charge in [-0.3, -0.25) is 14.5 Å². The molecule has 3 N–H and O–H groups in total. The number of nitrogens with one attached hydrogen (secondary N) is 2. The molecule has 1 saturated carbocycles. The molecule has 1 atom stereocenters. The molecule has 0 spiro atoms. The molecule has 142 valence electrons. The highest BCUT2D eigenvalue weighted by Crippen LogP contribution is 2.29. The summed E-state index contributed by atoms with van der Waals surface area (Å²) in [7, 11) is 0. The van der Waals surface area contributed by atoms with E-state index < -0.39 is 11.6 Å². The SMILES string of the molecule is O=C(CC1C(=O)NCCN1Cc1ccc(F)cc1)NC1(CO)CCCC1. The van der Waals surface area contributed by atoms with Crippen molar-refractivity contribution in [2.24, 2.45) is 0 Å². The highest BCUT2D eigenvalue weighted by molar-refractivity contribution is 5.89. The van der Waals surface area contributed by atoms with Crippen molar-refractivity contribution in [1.82, 2.24) is 15.5 Å². The van der Waals surface area contributed by atoms with Crippen LogP contribution < -0.4 is 10.6 Å². The minimum absolute atomic E-state index is 0.0504. The van der Waals surface area contributed by atoms with Gasteiger partial charge >= 0.3 is 0 Å². The average Bonchev–Trinajstić information content (AvgIpc) is 3.09. The number of hydrogen-bond acceptors (Lipinski definition) is 4. The largest absolute Gasteiger partial charge is 0.394 e. The Morgan fingerprint density at radius 1 is 1.31 bits per heavy atom. The predicted octanol–water partition coefficient (Wildman–Crippen LogP) is 0.937. The number of benzene rings is 1. The number of halogens is 1. The monoisotopic (exact) mass is 363 g/mol. The lowest BCUT2D eigenvalue weighted by Gasteiger charge is -2.36. The van der Waals surface area contributed by atoms with Crippen LogP contribution in [0.3, 0.4) is 0 Å². The molecule has 0 bridgehead atoms. The molecular weight excluding hydrogens is 337 g/mol. The van der Waals surface area contributed by atoms with Gasteiger partial charge in [0.05, 0.1) is 24.6 Å². The molecule has 1 aliphatic heterocycles. The minimum atomic E-state index is -0.564. The first-order valence-corrected chi connectivity index (χ1v) is 9.19. The average molecular weight is 363 g/mol. The first-order valence-electron chi connectivity index (χ1n) is 9.19. The Morgan fingerprint density at radius 2 is 2.00 bits per heavy atom. The van der Waals surface area contributed by atoms with Gasteiger partial charge < -0.3 is 15.7 Å². The molecule has 1 saturated heterocycles. The summed E-state index contributed by atoms with van der Waals surface area (Å²) >= 11 is 0. The Hall–Kier alpha value is -1.99. The Labute approximate surface area is 152 Å². The molecular formula is C19H26FN3O3. The fourth-order valence-corrected chi connectivity index (χ4v) is 3.89. The summed E-state index contributed by atoms with van der Waals surface area (Å²) < 4.78 is 13.1. The molecule has 3 rings (SSSR count). The minimum Gasteiger partial charge on any atom is -0.394 e. The van der Waals surface area contributed by atoms with Crippen LogP contribution in [0.4, 0.5) is 4.39 Å². The van der Waals surface area contributed by atoms with E-state index in [1.165, 1.54) is 12.1 Å². The van der Waals surface area contributed by atoms with Crippen LogP contribution >= 0.6 is 0 Å². The third-order valence-corrected chi connectivity index (χ3v) is 5.39. The van der Waals surface area contributed by atoms with Crippen LogP contribution in [0.25, 0.3) is 0 Å². The molecule has 0 radical (unpaired) electrons. The molecule has 0 aromatic heterocycles. The molecule has 1 unspecified atom stereocenters. The summed E-state index contributed by atoms with van der Waals surface area (Å²) in [4.78, 5) is 26.8. The van der Waals surface area contributed by atoms with E-state index in [4.69, 9.17) is 0 Å². The zero-order valence-electron chi connectivity index (χ0n) is 14.8. The highest BCUT2D eigenvalue weighted by Gasteiger charge is 2.37. The van der Waals surface area contributed by atoms with Gasteiger partial charge in [0.25, 0.3) is 0 Å². The maximum Gasteiger partial charge on any atom is 0.237 e. The van der Waals surface area contributed by atoms with Crippen molar-refractivity contribution in [2.45, 2.75) is 50.2 Å². The number of carbonyl (C=O) groups is 2. The molecule has 2 fully saturated rings. The van der Waals surface area contributed by atoms with Crippen LogP contribution in [-0.4, -0.2) is 53.1 Å². The smallest absolute Gasteiger partial charge is 0.237 e. The molecule has 1 aromatic rings. The standard InChI is InChI=1S/C19H26FN3O3/c20-15-5-3-14(4-6-15)12-23-10-9-21-18(26)16(23)11-17(25)22-19(13-24)7-1-2-8-19/h3-6,16,24H,1-2,7-13H2,(H,21,26)(H,22,25). The van der Waals surface area contributed by atoms with Gasteiger partial charge in [0.15, 0.2) is 0 Å². The summed E-state index contributed by atoms with van der Waals surface area (Å²) in [6.07, 6.45) is 3.56. The molecule has 1 aliphatic carbocycles. The van der Waals surface area contributed by atoms with Crippen molar-refractivity contribution >= 4 is 11.8 Å². The highest BCUT2D eigenvalue weighted by atomic mass is 19.1. The number of carbonyl (C=O) groups excluding carboxylic acids is 2. The maximum atomic E-state index is 13.1. The van der Waals surface area contributed by atoms with Crippen molar-refractivity contribution in [1.29, 1.82) is 0 Å². The van der Waals surface area contributed by atoms with Gasteiger partial charge in [0.1, 0.15) is 5.82 Å². The third kappa shape index (κ3) is 4.40. The van der Waals surface area contributed by atoms with Crippen molar-refractivity contribution < 1.29 is 19.1 Å². The Bertz CT molecular complexity index is 644. The second kappa shape index (κ2) is 8.14. The third-order valence-electron chi connectivity index (χ3n) is 5.39. The second-order valence-electron chi connectivity index (χ2n) is 7.30. The summed E-state index contributed by atoms with van der Waals surface area (Å²) in [6.45, 7) is 1.57. The van der Waals surface area contributed by atoms with Crippen molar-refractivity contribution in [3.05, 3.63) is 35.6 Å². The van der Waals surface area contributed by atoms with Crippen LogP contribution in [0.15, 0.2) is 24.3 Å². The van der Waals surface area contributed by atoms with E-state index >= 15 is 0 Å². The predicted molar refractivity (Wildman–Crippen MR) is 94.7 cm³/mol. The number of rotatable bonds is 6. The van der Waals surface area contributed by atoms with E-state index in [1.807, 2.05) is 4.90 Å². The summed E-state index contributed by atoms with van der Waals surface area (Å²) in [6, 6.07) is 5.61. The topological polar surface area (TPSA) is 81.7 Å². The lowest BCUT2D eigenvalue weighted by Crippen LogP contribution is -2.57. The van der Waals surface area contributed by atoms with Gasteiger partial charge in [-0.1, -0.05) is 25.0 Å². The maximum absolute atomic E-state index is 13.1. The molecule has 1 aromatic carbocycles. The Balaban J connectivity index is 1.65. The fraction of sp³-hybridized carbons (Fsp3) is 0.579. The van der Waals surface area contributed by atoms with E-state index in [2.05, 4.69) is 10.6 Å². The van der Waals surface area contributed by atoms with Crippen LogP contribution in [0.5, 0.6) is 0 Å². The van der Waals surface area contributed by atoms with Gasteiger partial charge in [-0.15, -0.1) is 0 Å². The van der Waals surface area contributed by atoms with Gasteiger partial charge in [0, 0.05) is 19.6 Å². The van der Waals surface area contributed by atoms with E-state index in [0.29, 0.717) is 19.6 Å². The van der Waals surface area contributed by atoms with Crippen LogP contribution in [0, 0.1) is 5.82 Å². The lowest BCUT2D eigenvalue weighted by molar-refractivity contribution is -0.135. The molecule has 2 aliphatic rings. The Kier molecular flexibility index (Phi) is 5.88. The van der Waals surface area contributed by atoms with Gasteiger partial charge in [-0.05, 0) is 30.5 Å². The quantitative estimate of drug-likeness (QED) is 0.703.